The molecule has 0 fully saturated rings. The van der Waals surface area contributed by atoms with E-state index < -0.39 is 0 Å². The largest absolute Gasteiger partial charge is 0.484 e. The zero-order valence-corrected chi connectivity index (χ0v) is 16.6. The number of rotatable bonds is 5. The van der Waals surface area contributed by atoms with Crippen molar-refractivity contribution in [2.75, 3.05) is 25.1 Å². The van der Waals surface area contributed by atoms with E-state index in [0.717, 1.165) is 39.2 Å². The summed E-state index contributed by atoms with van der Waals surface area (Å²) in [6.45, 7) is 3.91. The molecule has 30 heavy (non-hydrogen) atoms. The van der Waals surface area contributed by atoms with E-state index in [-0.39, 0.29) is 5.92 Å². The second kappa shape index (κ2) is 7.94. The number of nitrogens with zero attached hydrogens (tertiary/aromatic N) is 4. The van der Waals surface area contributed by atoms with Gasteiger partial charge in [-0.15, -0.1) is 0 Å². The van der Waals surface area contributed by atoms with Crippen molar-refractivity contribution in [1.82, 2.24) is 19.9 Å². The van der Waals surface area contributed by atoms with Gasteiger partial charge >= 0.3 is 0 Å². The highest BCUT2D eigenvalue weighted by atomic mass is 16.6. The van der Waals surface area contributed by atoms with Crippen LogP contribution in [0.5, 0.6) is 11.6 Å². The van der Waals surface area contributed by atoms with Gasteiger partial charge in [0.15, 0.2) is 5.75 Å². The lowest BCUT2D eigenvalue weighted by atomic mass is 10.0. The molecule has 0 spiro atoms. The molecule has 1 aromatic carbocycles. The minimum atomic E-state index is 0.189. The summed E-state index contributed by atoms with van der Waals surface area (Å²) >= 11 is 0. The number of pyridine rings is 2. The van der Waals surface area contributed by atoms with E-state index in [2.05, 4.69) is 50.4 Å². The first-order valence-corrected chi connectivity index (χ1v) is 9.92. The normalized spacial score (nSPS) is 13.8. The zero-order valence-electron chi connectivity index (χ0n) is 16.6. The SMILES string of the molecule is C[C@H](CNc1cc(-c2ccc3ccncc3c2)ncn1)c1ccnc2c1OCCO2. The van der Waals surface area contributed by atoms with Gasteiger partial charge in [0, 0.05) is 53.6 Å². The van der Waals surface area contributed by atoms with E-state index >= 15 is 0 Å². The van der Waals surface area contributed by atoms with Crippen molar-refractivity contribution < 1.29 is 9.47 Å². The van der Waals surface area contributed by atoms with Gasteiger partial charge in [0.05, 0.1) is 5.69 Å². The summed E-state index contributed by atoms with van der Waals surface area (Å²) in [6.07, 6.45) is 7.01. The molecule has 4 aromatic rings. The number of fused-ring (bicyclic) bond motifs is 2. The Kier molecular flexibility index (Phi) is 4.85. The predicted molar refractivity (Wildman–Crippen MR) is 115 cm³/mol. The first-order valence-electron chi connectivity index (χ1n) is 9.92. The maximum atomic E-state index is 5.79. The quantitative estimate of drug-likeness (QED) is 0.542. The van der Waals surface area contributed by atoms with Gasteiger partial charge in [0.25, 0.3) is 5.88 Å². The molecule has 0 radical (unpaired) electrons. The van der Waals surface area contributed by atoms with Gasteiger partial charge in [-0.1, -0.05) is 19.1 Å². The topological polar surface area (TPSA) is 82.1 Å². The number of aromatic nitrogens is 4. The molecule has 1 atom stereocenters. The zero-order chi connectivity index (χ0) is 20.3. The number of nitrogens with one attached hydrogen (secondary N) is 1. The van der Waals surface area contributed by atoms with Crippen LogP contribution in [-0.2, 0) is 0 Å². The summed E-state index contributed by atoms with van der Waals surface area (Å²) in [7, 11) is 0. The van der Waals surface area contributed by atoms with Gasteiger partial charge < -0.3 is 14.8 Å². The van der Waals surface area contributed by atoms with Gasteiger partial charge in [0.2, 0.25) is 0 Å². The Bertz CT molecular complexity index is 1200. The maximum Gasteiger partial charge on any atom is 0.257 e. The molecule has 3 aromatic heterocycles. The third kappa shape index (κ3) is 3.61. The second-order valence-corrected chi connectivity index (χ2v) is 7.24. The summed E-state index contributed by atoms with van der Waals surface area (Å²) < 4.78 is 11.4. The molecule has 5 rings (SSSR count). The number of benzene rings is 1. The Morgan fingerprint density at radius 1 is 0.967 bits per heavy atom. The highest BCUT2D eigenvalue weighted by molar-refractivity contribution is 5.86. The van der Waals surface area contributed by atoms with Crippen molar-refractivity contribution in [3.63, 3.8) is 0 Å². The highest BCUT2D eigenvalue weighted by Gasteiger charge is 2.20. The lowest BCUT2D eigenvalue weighted by Crippen LogP contribution is -2.19. The van der Waals surface area contributed by atoms with Crippen molar-refractivity contribution in [3.8, 4) is 22.9 Å². The van der Waals surface area contributed by atoms with Crippen molar-refractivity contribution in [1.29, 1.82) is 0 Å². The van der Waals surface area contributed by atoms with Crippen LogP contribution in [0.2, 0.25) is 0 Å². The number of hydrogen-bond donors (Lipinski definition) is 1. The lowest BCUT2D eigenvalue weighted by molar-refractivity contribution is 0.162. The smallest absolute Gasteiger partial charge is 0.257 e. The molecule has 1 aliphatic rings. The molecule has 0 saturated carbocycles. The Morgan fingerprint density at radius 2 is 1.90 bits per heavy atom. The molecule has 1 aliphatic heterocycles. The fraction of sp³-hybridized carbons (Fsp3) is 0.217. The Labute approximate surface area is 174 Å². The van der Waals surface area contributed by atoms with Crippen LogP contribution in [0.3, 0.4) is 0 Å². The first-order chi connectivity index (χ1) is 14.8. The van der Waals surface area contributed by atoms with Crippen LogP contribution < -0.4 is 14.8 Å². The van der Waals surface area contributed by atoms with Crippen LogP contribution in [0.4, 0.5) is 5.82 Å². The van der Waals surface area contributed by atoms with Gasteiger partial charge in [-0.25, -0.2) is 15.0 Å². The summed E-state index contributed by atoms with van der Waals surface area (Å²) in [5.41, 5.74) is 2.97. The van der Waals surface area contributed by atoms with Crippen LogP contribution in [0.15, 0.2) is 61.3 Å². The first kappa shape index (κ1) is 18.3. The Balaban J connectivity index is 1.34. The molecule has 0 amide bonds. The summed E-state index contributed by atoms with van der Waals surface area (Å²) in [5, 5.41) is 5.66. The van der Waals surface area contributed by atoms with Crippen molar-refractivity contribution >= 4 is 16.6 Å². The molecular weight excluding hydrogens is 378 g/mol. The summed E-state index contributed by atoms with van der Waals surface area (Å²) in [6, 6.07) is 12.2. The average molecular weight is 399 g/mol. The fourth-order valence-corrected chi connectivity index (χ4v) is 3.58. The average Bonchev–Trinajstić information content (AvgIpc) is 2.82. The summed E-state index contributed by atoms with van der Waals surface area (Å²) in [5.74, 6) is 2.28. The van der Waals surface area contributed by atoms with Crippen LogP contribution >= 0.6 is 0 Å². The maximum absolute atomic E-state index is 5.79. The molecule has 0 unspecified atom stereocenters. The monoisotopic (exact) mass is 399 g/mol. The van der Waals surface area contributed by atoms with E-state index in [0.29, 0.717) is 25.6 Å². The molecule has 0 saturated heterocycles. The number of hydrogen-bond acceptors (Lipinski definition) is 7. The van der Waals surface area contributed by atoms with E-state index in [4.69, 9.17) is 9.47 Å². The van der Waals surface area contributed by atoms with Gasteiger partial charge in [0.1, 0.15) is 25.4 Å². The standard InChI is InChI=1S/C23H21N5O2/c1-15(19-5-7-25-23-22(19)29-8-9-30-23)12-26-21-11-20(27-14-28-21)17-3-2-16-4-6-24-13-18(16)10-17/h2-7,10-11,13-15H,8-9,12H2,1H3,(H,26,27,28)/t15-/m1/s1. The van der Waals surface area contributed by atoms with Crippen molar-refractivity contribution in [2.45, 2.75) is 12.8 Å². The number of anilines is 1. The third-order valence-electron chi connectivity index (χ3n) is 5.19. The molecule has 1 N–H and O–H groups in total. The molecule has 7 heteroatoms. The van der Waals surface area contributed by atoms with E-state index in [1.165, 1.54) is 0 Å². The van der Waals surface area contributed by atoms with Gasteiger partial charge in [-0.2, -0.15) is 0 Å². The van der Waals surface area contributed by atoms with Gasteiger partial charge in [-0.3, -0.25) is 4.98 Å². The Hall–Kier alpha value is -3.74. The molecule has 150 valence electrons. The molecule has 4 heterocycles. The van der Waals surface area contributed by atoms with E-state index in [9.17, 15) is 0 Å². The predicted octanol–water partition coefficient (Wildman–Crippen LogP) is 4.07. The van der Waals surface area contributed by atoms with Crippen LogP contribution in [0.1, 0.15) is 18.4 Å². The minimum absolute atomic E-state index is 0.189. The van der Waals surface area contributed by atoms with E-state index in [1.54, 1.807) is 18.7 Å². The molecular formula is C23H21N5O2. The van der Waals surface area contributed by atoms with Crippen molar-refractivity contribution in [3.05, 3.63) is 66.9 Å². The Morgan fingerprint density at radius 3 is 2.87 bits per heavy atom. The van der Waals surface area contributed by atoms with Gasteiger partial charge in [-0.05, 0) is 23.6 Å². The summed E-state index contributed by atoms with van der Waals surface area (Å²) in [4.78, 5) is 17.3. The highest BCUT2D eigenvalue weighted by Crippen LogP contribution is 2.35. The lowest BCUT2D eigenvalue weighted by Gasteiger charge is -2.22. The molecule has 7 nitrogen and oxygen atoms in total. The van der Waals surface area contributed by atoms with E-state index in [1.807, 2.05) is 24.4 Å². The van der Waals surface area contributed by atoms with Crippen LogP contribution in [0.25, 0.3) is 22.0 Å². The molecule has 0 aliphatic carbocycles. The second-order valence-electron chi connectivity index (χ2n) is 7.24. The number of ether oxygens (including phenoxy) is 2. The third-order valence-corrected chi connectivity index (χ3v) is 5.19. The minimum Gasteiger partial charge on any atom is -0.484 e. The molecule has 0 bridgehead atoms. The van der Waals surface area contributed by atoms with Crippen molar-refractivity contribution in [2.24, 2.45) is 0 Å². The van der Waals surface area contributed by atoms with Crippen LogP contribution in [0, 0.1) is 0 Å². The fourth-order valence-electron chi connectivity index (χ4n) is 3.58. The van der Waals surface area contributed by atoms with Crippen LogP contribution in [-0.4, -0.2) is 39.7 Å².